The van der Waals surface area contributed by atoms with Gasteiger partial charge in [-0.3, -0.25) is 4.79 Å². The fourth-order valence-corrected chi connectivity index (χ4v) is 1.65. The third-order valence-corrected chi connectivity index (χ3v) is 3.15. The Balaban J connectivity index is 2.32. The van der Waals surface area contributed by atoms with E-state index >= 15 is 0 Å². The van der Waals surface area contributed by atoms with Gasteiger partial charge in [0.2, 0.25) is 0 Å². The van der Waals surface area contributed by atoms with Gasteiger partial charge in [0.1, 0.15) is 5.78 Å². The molecule has 1 nitrogen and oxygen atoms in total. The number of ketones is 1. The van der Waals surface area contributed by atoms with Gasteiger partial charge in [0.15, 0.2) is 0 Å². The highest BCUT2D eigenvalue weighted by Gasteiger charge is 2.49. The van der Waals surface area contributed by atoms with E-state index in [4.69, 9.17) is 0 Å². The molecular weight excluding hydrogens is 148 g/mol. The molecule has 0 aliphatic heterocycles. The normalized spacial score (nSPS) is 28.2. The van der Waals surface area contributed by atoms with Gasteiger partial charge in [0.25, 0.3) is 0 Å². The molecule has 0 saturated heterocycles. The highest BCUT2D eigenvalue weighted by Crippen LogP contribution is 2.52. The van der Waals surface area contributed by atoms with Crippen molar-refractivity contribution in [3.05, 3.63) is 0 Å². The van der Waals surface area contributed by atoms with Gasteiger partial charge in [0, 0.05) is 12.3 Å². The SMILES string of the molecule is CCC(C)CC(=O)C1CC1(C)C. The van der Waals surface area contributed by atoms with Crippen molar-refractivity contribution in [2.45, 2.75) is 47.0 Å². The van der Waals surface area contributed by atoms with Crippen LogP contribution in [0.4, 0.5) is 0 Å². The van der Waals surface area contributed by atoms with E-state index in [2.05, 4.69) is 27.7 Å². The van der Waals surface area contributed by atoms with E-state index in [-0.39, 0.29) is 0 Å². The summed E-state index contributed by atoms with van der Waals surface area (Å²) in [5, 5.41) is 0. The van der Waals surface area contributed by atoms with Crippen molar-refractivity contribution in [1.29, 1.82) is 0 Å². The number of rotatable bonds is 4. The number of carbonyl (C=O) groups excluding carboxylic acids is 1. The molecule has 1 saturated carbocycles. The Bertz CT molecular complexity index is 181. The van der Waals surface area contributed by atoms with Crippen LogP contribution in [0.25, 0.3) is 0 Å². The maximum atomic E-state index is 11.6. The molecule has 1 aliphatic carbocycles. The van der Waals surface area contributed by atoms with E-state index in [0.29, 0.717) is 23.0 Å². The van der Waals surface area contributed by atoms with E-state index in [9.17, 15) is 4.79 Å². The van der Waals surface area contributed by atoms with Gasteiger partial charge in [-0.25, -0.2) is 0 Å². The van der Waals surface area contributed by atoms with Gasteiger partial charge < -0.3 is 0 Å². The quantitative estimate of drug-likeness (QED) is 0.630. The summed E-state index contributed by atoms with van der Waals surface area (Å²) in [4.78, 5) is 11.6. The van der Waals surface area contributed by atoms with Gasteiger partial charge in [-0.1, -0.05) is 34.1 Å². The molecule has 0 bridgehead atoms. The molecule has 2 unspecified atom stereocenters. The summed E-state index contributed by atoms with van der Waals surface area (Å²) in [6, 6.07) is 0. The zero-order chi connectivity index (χ0) is 9.35. The van der Waals surface area contributed by atoms with Gasteiger partial charge in [-0.15, -0.1) is 0 Å². The highest BCUT2D eigenvalue weighted by atomic mass is 16.1. The first-order valence-corrected chi connectivity index (χ1v) is 5.00. The number of Topliss-reactive ketones (excluding diaryl/α,β-unsaturated/α-hetero) is 1. The third-order valence-electron chi connectivity index (χ3n) is 3.15. The topological polar surface area (TPSA) is 17.1 Å². The van der Waals surface area contributed by atoms with Crippen LogP contribution in [0.2, 0.25) is 0 Å². The minimum Gasteiger partial charge on any atom is -0.299 e. The minimum absolute atomic E-state index is 0.324. The van der Waals surface area contributed by atoms with Crippen molar-refractivity contribution in [2.24, 2.45) is 17.3 Å². The highest BCUT2D eigenvalue weighted by molar-refractivity contribution is 5.84. The van der Waals surface area contributed by atoms with E-state index in [1.165, 1.54) is 0 Å². The first-order chi connectivity index (χ1) is 5.47. The van der Waals surface area contributed by atoms with Crippen molar-refractivity contribution in [2.75, 3.05) is 0 Å². The Labute approximate surface area is 75.5 Å². The fourth-order valence-electron chi connectivity index (χ4n) is 1.65. The van der Waals surface area contributed by atoms with Crippen molar-refractivity contribution >= 4 is 5.78 Å². The molecule has 0 spiro atoms. The van der Waals surface area contributed by atoms with E-state index in [0.717, 1.165) is 19.3 Å². The lowest BCUT2D eigenvalue weighted by Crippen LogP contribution is -2.09. The largest absolute Gasteiger partial charge is 0.299 e. The molecule has 0 N–H and O–H groups in total. The Morgan fingerprint density at radius 2 is 2.08 bits per heavy atom. The average Bonchev–Trinajstić information content (AvgIpc) is 2.59. The molecule has 0 heterocycles. The van der Waals surface area contributed by atoms with Crippen LogP contribution in [0.5, 0.6) is 0 Å². The molecule has 0 radical (unpaired) electrons. The first-order valence-electron chi connectivity index (χ1n) is 5.00. The predicted octanol–water partition coefficient (Wildman–Crippen LogP) is 3.04. The zero-order valence-corrected chi connectivity index (χ0v) is 8.68. The van der Waals surface area contributed by atoms with Crippen molar-refractivity contribution in [3.8, 4) is 0 Å². The molecule has 0 aromatic rings. The summed E-state index contributed by atoms with van der Waals surface area (Å²) in [6.45, 7) is 8.68. The van der Waals surface area contributed by atoms with Crippen molar-refractivity contribution in [1.82, 2.24) is 0 Å². The molecule has 70 valence electrons. The summed E-state index contributed by atoms with van der Waals surface area (Å²) in [6.07, 6.45) is 3.03. The van der Waals surface area contributed by atoms with Crippen molar-refractivity contribution < 1.29 is 4.79 Å². The second kappa shape index (κ2) is 3.20. The minimum atomic E-state index is 0.324. The summed E-state index contributed by atoms with van der Waals surface area (Å²) in [5.41, 5.74) is 0.324. The standard InChI is InChI=1S/C11H20O/c1-5-8(2)6-10(12)9-7-11(9,3)4/h8-9H,5-7H2,1-4H3. The van der Waals surface area contributed by atoms with Crippen LogP contribution >= 0.6 is 0 Å². The van der Waals surface area contributed by atoms with Crippen LogP contribution in [0.1, 0.15) is 47.0 Å². The molecule has 2 atom stereocenters. The summed E-state index contributed by atoms with van der Waals surface area (Å²) in [5.74, 6) is 1.45. The molecule has 1 heteroatoms. The second-order valence-corrected chi connectivity index (χ2v) is 4.93. The maximum Gasteiger partial charge on any atom is 0.136 e. The number of carbonyl (C=O) groups is 1. The molecule has 0 aromatic heterocycles. The van der Waals surface area contributed by atoms with Crippen LogP contribution in [-0.2, 0) is 4.79 Å². The van der Waals surface area contributed by atoms with Crippen molar-refractivity contribution in [3.63, 3.8) is 0 Å². The first kappa shape index (κ1) is 9.76. The summed E-state index contributed by atoms with van der Waals surface area (Å²) in [7, 11) is 0. The molecule has 0 aromatic carbocycles. The van der Waals surface area contributed by atoms with E-state index < -0.39 is 0 Å². The Kier molecular flexibility index (Phi) is 2.60. The average molecular weight is 168 g/mol. The molecule has 1 fully saturated rings. The van der Waals surface area contributed by atoms with Gasteiger partial charge in [0.05, 0.1) is 0 Å². The Hall–Kier alpha value is -0.330. The zero-order valence-electron chi connectivity index (χ0n) is 8.68. The van der Waals surface area contributed by atoms with Crippen LogP contribution < -0.4 is 0 Å². The molecule has 1 rings (SSSR count). The number of hydrogen-bond acceptors (Lipinski definition) is 1. The van der Waals surface area contributed by atoms with Gasteiger partial charge in [-0.05, 0) is 17.8 Å². The van der Waals surface area contributed by atoms with E-state index in [1.54, 1.807) is 0 Å². The lowest BCUT2D eigenvalue weighted by molar-refractivity contribution is -0.121. The fraction of sp³-hybridized carbons (Fsp3) is 0.909. The Morgan fingerprint density at radius 3 is 2.42 bits per heavy atom. The van der Waals surface area contributed by atoms with Crippen LogP contribution in [0, 0.1) is 17.3 Å². The summed E-state index contributed by atoms with van der Waals surface area (Å²) < 4.78 is 0. The van der Waals surface area contributed by atoms with Crippen LogP contribution in [-0.4, -0.2) is 5.78 Å². The predicted molar refractivity (Wildman–Crippen MR) is 51.0 cm³/mol. The smallest absolute Gasteiger partial charge is 0.136 e. The van der Waals surface area contributed by atoms with Crippen LogP contribution in [0.15, 0.2) is 0 Å². The van der Waals surface area contributed by atoms with Gasteiger partial charge in [-0.2, -0.15) is 0 Å². The van der Waals surface area contributed by atoms with Gasteiger partial charge >= 0.3 is 0 Å². The number of hydrogen-bond donors (Lipinski definition) is 0. The lowest BCUT2D eigenvalue weighted by Gasteiger charge is -2.07. The molecule has 1 aliphatic rings. The molecular formula is C11H20O. The Morgan fingerprint density at radius 1 is 1.58 bits per heavy atom. The molecule has 0 amide bonds. The monoisotopic (exact) mass is 168 g/mol. The van der Waals surface area contributed by atoms with E-state index in [1.807, 2.05) is 0 Å². The molecule has 12 heavy (non-hydrogen) atoms. The second-order valence-electron chi connectivity index (χ2n) is 4.93. The maximum absolute atomic E-state index is 11.6. The third kappa shape index (κ3) is 2.09. The summed E-state index contributed by atoms with van der Waals surface area (Å²) >= 11 is 0. The lowest BCUT2D eigenvalue weighted by atomic mass is 9.97. The van der Waals surface area contributed by atoms with Crippen LogP contribution in [0.3, 0.4) is 0 Å².